The molecule has 30 heavy (non-hydrogen) atoms. The number of hydrogen-bond donors (Lipinski definition) is 0. The van der Waals surface area contributed by atoms with Crippen LogP contribution < -0.4 is 0 Å². The number of ether oxygens (including phenoxy) is 4. The highest BCUT2D eigenvalue weighted by Crippen LogP contribution is 2.49. The summed E-state index contributed by atoms with van der Waals surface area (Å²) in [5.41, 5.74) is 2.06. The number of imidazole rings is 1. The van der Waals surface area contributed by atoms with Crippen molar-refractivity contribution in [3.8, 4) is 0 Å². The van der Waals surface area contributed by atoms with Crippen molar-refractivity contribution in [1.82, 2.24) is 9.55 Å². The molecule has 2 aliphatic heterocycles. The van der Waals surface area contributed by atoms with Crippen LogP contribution in [0.25, 0.3) is 0 Å². The number of hydrogen-bond acceptors (Lipinski definition) is 7. The molecule has 2 aliphatic rings. The topological polar surface area (TPSA) is 71.8 Å². The molecule has 0 bridgehead atoms. The molecule has 0 saturated carbocycles. The molecule has 0 amide bonds. The van der Waals surface area contributed by atoms with Gasteiger partial charge in [-0.25, -0.2) is 4.98 Å². The number of carbonyl (C=O) groups excluding carboxylic acids is 1. The lowest BCUT2D eigenvalue weighted by molar-refractivity contribution is -0.198. The van der Waals surface area contributed by atoms with Gasteiger partial charge in [0.05, 0.1) is 19.4 Å². The lowest BCUT2D eigenvalue weighted by atomic mass is 10.0. The van der Waals surface area contributed by atoms with E-state index in [4.69, 9.17) is 18.9 Å². The minimum Gasteiger partial charge on any atom is -0.466 e. The highest BCUT2D eigenvalue weighted by atomic mass is 32.2. The van der Waals surface area contributed by atoms with Gasteiger partial charge >= 0.3 is 5.97 Å². The van der Waals surface area contributed by atoms with Gasteiger partial charge in [-0.15, -0.1) is 11.8 Å². The van der Waals surface area contributed by atoms with Crippen molar-refractivity contribution >= 4 is 17.7 Å². The average molecular weight is 433 g/mol. The van der Waals surface area contributed by atoms with E-state index in [1.165, 1.54) is 0 Å². The number of rotatable bonds is 7. The molecule has 0 radical (unpaired) electrons. The molecule has 8 heteroatoms. The summed E-state index contributed by atoms with van der Waals surface area (Å²) < 4.78 is 25.8. The monoisotopic (exact) mass is 432 g/mol. The number of esters is 1. The molecule has 0 aliphatic carbocycles. The fourth-order valence-corrected chi connectivity index (χ4v) is 4.78. The highest BCUT2D eigenvalue weighted by molar-refractivity contribution is 7.99. The molecule has 2 saturated heterocycles. The van der Waals surface area contributed by atoms with E-state index in [-0.39, 0.29) is 30.5 Å². The van der Waals surface area contributed by atoms with Crippen LogP contribution in [0, 0.1) is 6.92 Å². The van der Waals surface area contributed by atoms with Crippen LogP contribution in [0.4, 0.5) is 0 Å². The first kappa shape index (κ1) is 21.4. The third-order valence-corrected chi connectivity index (χ3v) is 6.27. The minimum atomic E-state index is -0.660. The summed E-state index contributed by atoms with van der Waals surface area (Å²) >= 11 is 1.64. The molecular formula is C22H28N2O5S. The quantitative estimate of drug-likeness (QED) is 0.483. The van der Waals surface area contributed by atoms with E-state index in [2.05, 4.69) is 29.2 Å². The van der Waals surface area contributed by atoms with Crippen LogP contribution in [0.3, 0.4) is 0 Å². The van der Waals surface area contributed by atoms with Gasteiger partial charge in [-0.05, 0) is 45.4 Å². The number of carbonyl (C=O) groups is 1. The van der Waals surface area contributed by atoms with E-state index in [0.29, 0.717) is 18.8 Å². The third kappa shape index (κ3) is 4.42. The lowest BCUT2D eigenvalue weighted by Crippen LogP contribution is -2.28. The van der Waals surface area contributed by atoms with E-state index in [1.807, 2.05) is 38.5 Å². The lowest BCUT2D eigenvalue weighted by Gasteiger charge is -2.25. The molecule has 1 aromatic heterocycles. The standard InChI is InChI=1S/C22H28N2O5S/c1-5-26-17(25)10-11-30-16-8-6-15(7-9-16)18-19-20(29-22(3,4)28-19)21(27-18)24-13-23-12-14(24)2/h6-9,12-13,18-21H,5,10-11H2,1-4H3/t18-,19-,20-,21+/m0/s1. The molecule has 0 unspecified atom stereocenters. The Balaban J connectivity index is 1.46. The van der Waals surface area contributed by atoms with Crippen molar-refractivity contribution in [2.75, 3.05) is 12.4 Å². The Labute approximate surface area is 181 Å². The van der Waals surface area contributed by atoms with Crippen molar-refractivity contribution in [3.63, 3.8) is 0 Å². The Bertz CT molecular complexity index is 882. The van der Waals surface area contributed by atoms with Gasteiger partial charge in [0.2, 0.25) is 0 Å². The summed E-state index contributed by atoms with van der Waals surface area (Å²) in [7, 11) is 0. The number of fused-ring (bicyclic) bond motifs is 1. The largest absolute Gasteiger partial charge is 0.466 e. The summed E-state index contributed by atoms with van der Waals surface area (Å²) in [5.74, 6) is -0.128. The SMILES string of the molecule is CCOC(=O)CCSc1ccc([C@@H]2O[C@@H](n3cncc3C)[C@H]3OC(C)(C)O[C@H]32)cc1. The zero-order valence-electron chi connectivity index (χ0n) is 17.7. The van der Waals surface area contributed by atoms with Gasteiger partial charge in [0.1, 0.15) is 18.3 Å². The van der Waals surface area contributed by atoms with Crippen molar-refractivity contribution in [1.29, 1.82) is 0 Å². The Morgan fingerprint density at radius 1 is 1.23 bits per heavy atom. The van der Waals surface area contributed by atoms with Crippen molar-refractivity contribution in [2.24, 2.45) is 0 Å². The molecule has 2 aromatic rings. The number of nitrogens with zero attached hydrogens (tertiary/aromatic N) is 2. The molecule has 162 valence electrons. The van der Waals surface area contributed by atoms with Gasteiger partial charge < -0.3 is 23.5 Å². The van der Waals surface area contributed by atoms with Crippen LogP contribution in [-0.2, 0) is 23.7 Å². The fraction of sp³-hybridized carbons (Fsp3) is 0.545. The molecule has 4 rings (SSSR count). The van der Waals surface area contributed by atoms with E-state index >= 15 is 0 Å². The first-order valence-corrected chi connectivity index (χ1v) is 11.2. The number of benzene rings is 1. The molecule has 0 spiro atoms. The van der Waals surface area contributed by atoms with E-state index < -0.39 is 5.79 Å². The zero-order chi connectivity index (χ0) is 21.3. The van der Waals surface area contributed by atoms with E-state index in [9.17, 15) is 4.79 Å². The van der Waals surface area contributed by atoms with Crippen LogP contribution in [0.2, 0.25) is 0 Å². The second-order valence-corrected chi connectivity index (χ2v) is 9.10. The van der Waals surface area contributed by atoms with Gasteiger partial charge in [-0.1, -0.05) is 12.1 Å². The van der Waals surface area contributed by atoms with Crippen LogP contribution >= 0.6 is 11.8 Å². The van der Waals surface area contributed by atoms with Crippen LogP contribution in [-0.4, -0.2) is 45.9 Å². The smallest absolute Gasteiger partial charge is 0.306 e. The normalized spacial score (nSPS) is 27.2. The van der Waals surface area contributed by atoms with Crippen molar-refractivity contribution < 1.29 is 23.7 Å². The Morgan fingerprint density at radius 2 is 1.97 bits per heavy atom. The van der Waals surface area contributed by atoms with Crippen molar-refractivity contribution in [3.05, 3.63) is 48.0 Å². The molecule has 1 aromatic carbocycles. The van der Waals surface area contributed by atoms with Gasteiger partial charge in [0.15, 0.2) is 12.0 Å². The summed E-state index contributed by atoms with van der Waals surface area (Å²) in [6.45, 7) is 8.11. The fourth-order valence-electron chi connectivity index (χ4n) is 3.95. The average Bonchev–Trinajstić information content (AvgIpc) is 3.35. The summed E-state index contributed by atoms with van der Waals surface area (Å²) in [6, 6.07) is 8.24. The molecule has 4 atom stereocenters. The van der Waals surface area contributed by atoms with Gasteiger partial charge in [0, 0.05) is 22.5 Å². The zero-order valence-corrected chi connectivity index (χ0v) is 18.6. The van der Waals surface area contributed by atoms with Gasteiger partial charge in [0.25, 0.3) is 0 Å². The molecule has 0 N–H and O–H groups in total. The number of aromatic nitrogens is 2. The van der Waals surface area contributed by atoms with Gasteiger partial charge in [-0.3, -0.25) is 4.79 Å². The minimum absolute atomic E-state index is 0.158. The summed E-state index contributed by atoms with van der Waals surface area (Å²) in [4.78, 5) is 16.8. The third-order valence-electron chi connectivity index (χ3n) is 5.25. The second-order valence-electron chi connectivity index (χ2n) is 7.93. The predicted molar refractivity (Wildman–Crippen MR) is 112 cm³/mol. The first-order chi connectivity index (χ1) is 14.4. The second kappa shape index (κ2) is 8.70. The highest BCUT2D eigenvalue weighted by Gasteiger charge is 2.56. The maximum atomic E-state index is 11.5. The summed E-state index contributed by atoms with van der Waals surface area (Å²) in [5, 5.41) is 0. The Kier molecular flexibility index (Phi) is 6.20. The maximum absolute atomic E-state index is 11.5. The Hall–Kier alpha value is -1.87. The molecule has 7 nitrogen and oxygen atoms in total. The molecule has 3 heterocycles. The molecule has 2 fully saturated rings. The number of aryl methyl sites for hydroxylation is 1. The Morgan fingerprint density at radius 3 is 2.63 bits per heavy atom. The summed E-state index contributed by atoms with van der Waals surface area (Å²) in [6.07, 6.45) is 3.06. The molecular weight excluding hydrogens is 404 g/mol. The van der Waals surface area contributed by atoms with E-state index in [1.54, 1.807) is 18.1 Å². The first-order valence-electron chi connectivity index (χ1n) is 10.3. The number of thioether (sulfide) groups is 1. The van der Waals surface area contributed by atoms with Crippen LogP contribution in [0.1, 0.15) is 50.8 Å². The predicted octanol–water partition coefficient (Wildman–Crippen LogP) is 4.03. The van der Waals surface area contributed by atoms with Crippen molar-refractivity contribution in [2.45, 2.75) is 69.3 Å². The van der Waals surface area contributed by atoms with Crippen LogP contribution in [0.5, 0.6) is 0 Å². The van der Waals surface area contributed by atoms with Crippen LogP contribution in [0.15, 0.2) is 41.7 Å². The maximum Gasteiger partial charge on any atom is 0.306 e. The van der Waals surface area contributed by atoms with Gasteiger partial charge in [-0.2, -0.15) is 0 Å². The van der Waals surface area contributed by atoms with E-state index in [0.717, 1.165) is 16.2 Å².